The summed E-state index contributed by atoms with van der Waals surface area (Å²) >= 11 is 15.3. The molecule has 0 aliphatic carbocycles. The lowest BCUT2D eigenvalue weighted by atomic mass is 10.2. The van der Waals surface area contributed by atoms with Crippen LogP contribution in [0, 0.1) is 6.92 Å². The molecule has 5 heteroatoms. The van der Waals surface area contributed by atoms with Gasteiger partial charge < -0.3 is 0 Å². The van der Waals surface area contributed by atoms with Gasteiger partial charge in [0.2, 0.25) is 0 Å². The van der Waals surface area contributed by atoms with Crippen LogP contribution in [0.3, 0.4) is 0 Å². The van der Waals surface area contributed by atoms with E-state index in [1.54, 1.807) is 6.92 Å². The normalized spacial score (nSPS) is 10.5. The van der Waals surface area contributed by atoms with Crippen LogP contribution in [0.4, 0.5) is 0 Å². The molecule has 2 aromatic rings. The molecule has 16 heavy (non-hydrogen) atoms. The van der Waals surface area contributed by atoms with E-state index in [1.165, 1.54) is 0 Å². The van der Waals surface area contributed by atoms with Gasteiger partial charge in [0.25, 0.3) is 0 Å². The smallest absolute Gasteiger partial charge is 0.162 e. The molecular formula is C11H7BrCl2N2. The summed E-state index contributed by atoms with van der Waals surface area (Å²) in [4.78, 5) is 8.38. The van der Waals surface area contributed by atoms with Crippen LogP contribution < -0.4 is 0 Å². The van der Waals surface area contributed by atoms with Gasteiger partial charge in [0.1, 0.15) is 10.3 Å². The van der Waals surface area contributed by atoms with E-state index in [1.807, 2.05) is 24.3 Å². The maximum atomic E-state index is 5.96. The van der Waals surface area contributed by atoms with Crippen molar-refractivity contribution in [3.63, 3.8) is 0 Å². The summed E-state index contributed by atoms with van der Waals surface area (Å²) in [6, 6.07) is 7.64. The quantitative estimate of drug-likeness (QED) is 0.723. The van der Waals surface area contributed by atoms with E-state index in [-0.39, 0.29) is 0 Å². The first-order valence-corrected chi connectivity index (χ1v) is 6.08. The van der Waals surface area contributed by atoms with Crippen molar-refractivity contribution in [3.05, 3.63) is 44.6 Å². The Hall–Kier alpha value is -0.640. The van der Waals surface area contributed by atoms with Gasteiger partial charge in [0, 0.05) is 15.6 Å². The fraction of sp³-hybridized carbons (Fsp3) is 0.0909. The van der Waals surface area contributed by atoms with Gasteiger partial charge in [-0.3, -0.25) is 0 Å². The molecule has 1 heterocycles. The van der Waals surface area contributed by atoms with Crippen LogP contribution in [-0.2, 0) is 0 Å². The van der Waals surface area contributed by atoms with E-state index >= 15 is 0 Å². The Morgan fingerprint density at radius 2 is 1.50 bits per heavy atom. The molecule has 0 unspecified atom stereocenters. The molecule has 0 aliphatic rings. The average Bonchev–Trinajstić information content (AvgIpc) is 2.26. The average molecular weight is 318 g/mol. The molecule has 0 atom stereocenters. The monoisotopic (exact) mass is 316 g/mol. The minimum absolute atomic E-state index is 0.387. The third-order valence-corrected chi connectivity index (χ3v) is 3.39. The molecule has 0 radical (unpaired) electrons. The molecule has 0 spiro atoms. The molecule has 82 valence electrons. The molecule has 1 aromatic carbocycles. The summed E-state index contributed by atoms with van der Waals surface area (Å²) in [6.07, 6.45) is 0. The number of benzene rings is 1. The maximum absolute atomic E-state index is 5.96. The lowest BCUT2D eigenvalue weighted by Crippen LogP contribution is -1.93. The van der Waals surface area contributed by atoms with Crippen LogP contribution in [0.25, 0.3) is 11.4 Å². The molecule has 0 N–H and O–H groups in total. The van der Waals surface area contributed by atoms with E-state index in [4.69, 9.17) is 23.2 Å². The van der Waals surface area contributed by atoms with Crippen LogP contribution >= 0.6 is 39.1 Å². The van der Waals surface area contributed by atoms with E-state index in [0.717, 1.165) is 10.0 Å². The lowest BCUT2D eigenvalue weighted by Gasteiger charge is -2.04. The zero-order chi connectivity index (χ0) is 11.7. The molecule has 0 bridgehead atoms. The fourth-order valence-corrected chi connectivity index (χ4v) is 1.84. The van der Waals surface area contributed by atoms with Gasteiger partial charge >= 0.3 is 0 Å². The van der Waals surface area contributed by atoms with E-state index in [0.29, 0.717) is 21.7 Å². The summed E-state index contributed by atoms with van der Waals surface area (Å²) in [5.41, 5.74) is 1.58. The highest BCUT2D eigenvalue weighted by Crippen LogP contribution is 2.25. The Balaban J connectivity index is 2.52. The maximum Gasteiger partial charge on any atom is 0.162 e. The van der Waals surface area contributed by atoms with Crippen LogP contribution in [0.2, 0.25) is 10.3 Å². The second kappa shape index (κ2) is 4.70. The third-order valence-electron chi connectivity index (χ3n) is 2.13. The van der Waals surface area contributed by atoms with Crippen LogP contribution in [0.5, 0.6) is 0 Å². The Morgan fingerprint density at radius 3 is 2.00 bits per heavy atom. The van der Waals surface area contributed by atoms with Gasteiger partial charge in [-0.2, -0.15) is 0 Å². The Bertz CT molecular complexity index is 503. The number of hydrogen-bond donors (Lipinski definition) is 0. The lowest BCUT2D eigenvalue weighted by molar-refractivity contribution is 1.14. The first-order chi connectivity index (χ1) is 7.58. The molecule has 1 aromatic heterocycles. The minimum atomic E-state index is 0.387. The first-order valence-electron chi connectivity index (χ1n) is 4.53. The van der Waals surface area contributed by atoms with Crippen molar-refractivity contribution < 1.29 is 0 Å². The van der Waals surface area contributed by atoms with Crippen molar-refractivity contribution in [2.24, 2.45) is 0 Å². The fourth-order valence-electron chi connectivity index (χ4n) is 1.19. The van der Waals surface area contributed by atoms with Crippen LogP contribution in [0.1, 0.15) is 5.56 Å². The Labute approximate surface area is 112 Å². The van der Waals surface area contributed by atoms with Crippen molar-refractivity contribution in [2.75, 3.05) is 0 Å². The highest BCUT2D eigenvalue weighted by molar-refractivity contribution is 9.10. The summed E-state index contributed by atoms with van der Waals surface area (Å²) in [6.45, 7) is 1.79. The number of aromatic nitrogens is 2. The van der Waals surface area contributed by atoms with Crippen LogP contribution in [-0.4, -0.2) is 9.97 Å². The van der Waals surface area contributed by atoms with Crippen molar-refractivity contribution >= 4 is 39.1 Å². The Morgan fingerprint density at radius 1 is 1.00 bits per heavy atom. The number of halogens is 3. The molecule has 2 rings (SSSR count). The highest BCUT2D eigenvalue weighted by Gasteiger charge is 2.08. The van der Waals surface area contributed by atoms with Crippen molar-refractivity contribution in [2.45, 2.75) is 6.92 Å². The standard InChI is InChI=1S/C11H7BrCl2N2/c1-6-9(13)15-11(16-10(6)14)7-2-4-8(12)5-3-7/h2-5H,1H3. The summed E-state index contributed by atoms with van der Waals surface area (Å²) in [7, 11) is 0. The largest absolute Gasteiger partial charge is 0.216 e. The van der Waals surface area contributed by atoms with Crippen molar-refractivity contribution in [1.82, 2.24) is 9.97 Å². The molecule has 0 aliphatic heterocycles. The summed E-state index contributed by atoms with van der Waals surface area (Å²) in [5, 5.41) is 0.774. The number of hydrogen-bond acceptors (Lipinski definition) is 2. The van der Waals surface area contributed by atoms with Gasteiger partial charge in [0.15, 0.2) is 5.82 Å². The van der Waals surface area contributed by atoms with Crippen molar-refractivity contribution in [3.8, 4) is 11.4 Å². The molecule has 0 saturated heterocycles. The van der Waals surface area contributed by atoms with Gasteiger partial charge in [-0.05, 0) is 19.1 Å². The second-order valence-corrected chi connectivity index (χ2v) is 4.89. The third kappa shape index (κ3) is 2.37. The minimum Gasteiger partial charge on any atom is -0.216 e. The first kappa shape index (κ1) is 11.8. The molecular weight excluding hydrogens is 311 g/mol. The SMILES string of the molecule is Cc1c(Cl)nc(-c2ccc(Br)cc2)nc1Cl. The molecule has 0 fully saturated rings. The predicted octanol–water partition coefficient (Wildman–Crippen LogP) is 4.52. The van der Waals surface area contributed by atoms with E-state index in [2.05, 4.69) is 25.9 Å². The summed E-state index contributed by atoms with van der Waals surface area (Å²) in [5.74, 6) is 0.535. The zero-order valence-electron chi connectivity index (χ0n) is 8.34. The second-order valence-electron chi connectivity index (χ2n) is 3.26. The van der Waals surface area contributed by atoms with Gasteiger partial charge in [-0.15, -0.1) is 0 Å². The van der Waals surface area contributed by atoms with Crippen LogP contribution in [0.15, 0.2) is 28.7 Å². The molecule has 0 amide bonds. The van der Waals surface area contributed by atoms with E-state index in [9.17, 15) is 0 Å². The number of nitrogens with zero attached hydrogens (tertiary/aromatic N) is 2. The van der Waals surface area contributed by atoms with Crippen molar-refractivity contribution in [1.29, 1.82) is 0 Å². The topological polar surface area (TPSA) is 25.8 Å². The number of rotatable bonds is 1. The van der Waals surface area contributed by atoms with E-state index < -0.39 is 0 Å². The Kier molecular flexibility index (Phi) is 3.47. The predicted molar refractivity (Wildman–Crippen MR) is 69.9 cm³/mol. The molecule has 0 saturated carbocycles. The zero-order valence-corrected chi connectivity index (χ0v) is 11.4. The highest BCUT2D eigenvalue weighted by atomic mass is 79.9. The van der Waals surface area contributed by atoms with Gasteiger partial charge in [0.05, 0.1) is 0 Å². The summed E-state index contributed by atoms with van der Waals surface area (Å²) < 4.78 is 1.00. The molecule has 2 nitrogen and oxygen atoms in total. The van der Waals surface area contributed by atoms with Gasteiger partial charge in [-0.25, -0.2) is 9.97 Å². The van der Waals surface area contributed by atoms with Gasteiger partial charge in [-0.1, -0.05) is 51.3 Å².